The fourth-order valence-electron chi connectivity index (χ4n) is 1.47. The summed E-state index contributed by atoms with van der Waals surface area (Å²) in [5.41, 5.74) is 7.98. The molecule has 0 fully saturated rings. The quantitative estimate of drug-likeness (QED) is 0.842. The van der Waals surface area contributed by atoms with Gasteiger partial charge in [0.05, 0.1) is 6.04 Å². The van der Waals surface area contributed by atoms with Crippen LogP contribution in [-0.2, 0) is 0 Å². The lowest BCUT2D eigenvalue weighted by Gasteiger charge is -2.13. The Hall–Kier alpha value is -1.38. The van der Waals surface area contributed by atoms with Crippen LogP contribution in [0.1, 0.15) is 17.2 Å². The van der Waals surface area contributed by atoms with E-state index in [2.05, 4.69) is 4.98 Å². The molecule has 0 saturated heterocycles. The first-order valence-corrected chi connectivity index (χ1v) is 5.07. The average molecular weight is 219 g/mol. The second-order valence-corrected chi connectivity index (χ2v) is 3.69. The molecule has 0 amide bonds. The van der Waals surface area contributed by atoms with Gasteiger partial charge in [-0.1, -0.05) is 35.9 Å². The van der Waals surface area contributed by atoms with Crippen LogP contribution in [0.4, 0.5) is 0 Å². The number of nitrogens with two attached hydrogens (primary N) is 1. The zero-order valence-electron chi connectivity index (χ0n) is 8.10. The molecule has 1 aromatic carbocycles. The highest BCUT2D eigenvalue weighted by atomic mass is 35.5. The molecule has 15 heavy (non-hydrogen) atoms. The number of hydrogen-bond acceptors (Lipinski definition) is 2. The maximum atomic E-state index is 6.09. The summed E-state index contributed by atoms with van der Waals surface area (Å²) in [7, 11) is 0. The Morgan fingerprint density at radius 2 is 1.93 bits per heavy atom. The van der Waals surface area contributed by atoms with Crippen LogP contribution in [0.25, 0.3) is 0 Å². The van der Waals surface area contributed by atoms with Crippen molar-refractivity contribution >= 4 is 11.6 Å². The summed E-state index contributed by atoms with van der Waals surface area (Å²) in [6.07, 6.45) is 3.48. The molecule has 0 aliphatic carbocycles. The van der Waals surface area contributed by atoms with Gasteiger partial charge in [-0.05, 0) is 23.3 Å². The number of pyridine rings is 1. The van der Waals surface area contributed by atoms with Gasteiger partial charge in [0, 0.05) is 17.4 Å². The molecule has 1 heterocycles. The first-order chi connectivity index (χ1) is 7.29. The predicted octanol–water partition coefficient (Wildman–Crippen LogP) is 2.78. The molecule has 2 aromatic rings. The molecule has 76 valence electrons. The molecule has 0 bridgehead atoms. The summed E-state index contributed by atoms with van der Waals surface area (Å²) in [5.74, 6) is 0. The molecule has 2 N–H and O–H groups in total. The molecule has 0 radical (unpaired) electrons. The fraction of sp³-hybridized carbons (Fsp3) is 0.0833. The lowest BCUT2D eigenvalue weighted by atomic mass is 10.0. The van der Waals surface area contributed by atoms with Crippen molar-refractivity contribution in [2.45, 2.75) is 6.04 Å². The van der Waals surface area contributed by atoms with E-state index in [1.54, 1.807) is 12.4 Å². The number of halogens is 1. The maximum absolute atomic E-state index is 6.09. The standard InChI is InChI=1S/C12H11ClN2/c13-11-6-2-1-5-10(11)12(14)9-4-3-7-15-8-9/h1-8,12H,14H2/t12-/m1/s1. The summed E-state index contributed by atoms with van der Waals surface area (Å²) in [4.78, 5) is 4.04. The Bertz CT molecular complexity index is 442. The number of benzene rings is 1. The average Bonchev–Trinajstić information content (AvgIpc) is 2.30. The molecule has 0 unspecified atom stereocenters. The Kier molecular flexibility index (Phi) is 2.99. The van der Waals surface area contributed by atoms with Crippen molar-refractivity contribution in [3.63, 3.8) is 0 Å². The minimum Gasteiger partial charge on any atom is -0.320 e. The highest BCUT2D eigenvalue weighted by Gasteiger charge is 2.11. The third kappa shape index (κ3) is 2.17. The molecule has 2 nitrogen and oxygen atoms in total. The van der Waals surface area contributed by atoms with Crippen LogP contribution in [0.5, 0.6) is 0 Å². The topological polar surface area (TPSA) is 38.9 Å². The number of aromatic nitrogens is 1. The van der Waals surface area contributed by atoms with E-state index in [0.717, 1.165) is 11.1 Å². The number of nitrogens with zero attached hydrogens (tertiary/aromatic N) is 1. The van der Waals surface area contributed by atoms with Gasteiger partial charge in [0.25, 0.3) is 0 Å². The zero-order chi connectivity index (χ0) is 10.7. The van der Waals surface area contributed by atoms with E-state index < -0.39 is 0 Å². The van der Waals surface area contributed by atoms with E-state index in [4.69, 9.17) is 17.3 Å². The van der Waals surface area contributed by atoms with Crippen molar-refractivity contribution in [2.75, 3.05) is 0 Å². The number of hydrogen-bond donors (Lipinski definition) is 1. The fourth-order valence-corrected chi connectivity index (χ4v) is 1.72. The zero-order valence-corrected chi connectivity index (χ0v) is 8.85. The van der Waals surface area contributed by atoms with Crippen molar-refractivity contribution in [1.29, 1.82) is 0 Å². The van der Waals surface area contributed by atoms with Gasteiger partial charge in [0.1, 0.15) is 0 Å². The normalized spacial score (nSPS) is 12.4. The summed E-state index contributed by atoms with van der Waals surface area (Å²) in [6, 6.07) is 11.2. The highest BCUT2D eigenvalue weighted by molar-refractivity contribution is 6.31. The third-order valence-electron chi connectivity index (χ3n) is 2.28. The highest BCUT2D eigenvalue weighted by Crippen LogP contribution is 2.25. The Balaban J connectivity index is 2.37. The molecule has 1 aromatic heterocycles. The van der Waals surface area contributed by atoms with Crippen LogP contribution in [-0.4, -0.2) is 4.98 Å². The molecule has 0 aliphatic rings. The van der Waals surface area contributed by atoms with E-state index in [9.17, 15) is 0 Å². The molecule has 1 atom stereocenters. The predicted molar refractivity (Wildman–Crippen MR) is 61.7 cm³/mol. The van der Waals surface area contributed by atoms with Crippen LogP contribution < -0.4 is 5.73 Å². The van der Waals surface area contributed by atoms with Crippen LogP contribution in [0.3, 0.4) is 0 Å². The van der Waals surface area contributed by atoms with Crippen LogP contribution in [0.15, 0.2) is 48.8 Å². The van der Waals surface area contributed by atoms with Gasteiger partial charge in [0.2, 0.25) is 0 Å². The van der Waals surface area contributed by atoms with Gasteiger partial charge in [-0.25, -0.2) is 0 Å². The van der Waals surface area contributed by atoms with Crippen molar-refractivity contribution < 1.29 is 0 Å². The van der Waals surface area contributed by atoms with Gasteiger partial charge in [-0.2, -0.15) is 0 Å². The van der Waals surface area contributed by atoms with E-state index >= 15 is 0 Å². The lowest BCUT2D eigenvalue weighted by Crippen LogP contribution is -2.12. The molecule has 0 saturated carbocycles. The van der Waals surface area contributed by atoms with Gasteiger partial charge >= 0.3 is 0 Å². The second kappa shape index (κ2) is 4.43. The monoisotopic (exact) mass is 218 g/mol. The summed E-state index contributed by atoms with van der Waals surface area (Å²) < 4.78 is 0. The largest absolute Gasteiger partial charge is 0.320 e. The van der Waals surface area contributed by atoms with Gasteiger partial charge in [-0.15, -0.1) is 0 Å². The first kappa shape index (κ1) is 10.1. The lowest BCUT2D eigenvalue weighted by molar-refractivity contribution is 0.863. The second-order valence-electron chi connectivity index (χ2n) is 3.29. The van der Waals surface area contributed by atoms with Gasteiger partial charge < -0.3 is 5.73 Å². The minimum absolute atomic E-state index is 0.215. The SMILES string of the molecule is N[C@H](c1cccnc1)c1ccccc1Cl. The van der Waals surface area contributed by atoms with Gasteiger partial charge in [-0.3, -0.25) is 4.98 Å². The molecule has 2 rings (SSSR count). The van der Waals surface area contributed by atoms with E-state index in [1.807, 2.05) is 36.4 Å². The molecular weight excluding hydrogens is 208 g/mol. The van der Waals surface area contributed by atoms with Crippen molar-refractivity contribution in [1.82, 2.24) is 4.98 Å². The van der Waals surface area contributed by atoms with Gasteiger partial charge in [0.15, 0.2) is 0 Å². The Morgan fingerprint density at radius 1 is 1.13 bits per heavy atom. The minimum atomic E-state index is -0.215. The maximum Gasteiger partial charge on any atom is 0.0581 e. The third-order valence-corrected chi connectivity index (χ3v) is 2.63. The summed E-state index contributed by atoms with van der Waals surface area (Å²) in [6.45, 7) is 0. The number of rotatable bonds is 2. The molecule has 0 spiro atoms. The van der Waals surface area contributed by atoms with E-state index in [1.165, 1.54) is 0 Å². The molecule has 0 aliphatic heterocycles. The Morgan fingerprint density at radius 3 is 2.60 bits per heavy atom. The Labute approximate surface area is 93.7 Å². The van der Waals surface area contributed by atoms with E-state index in [0.29, 0.717) is 5.02 Å². The van der Waals surface area contributed by atoms with Crippen molar-refractivity contribution in [3.8, 4) is 0 Å². The summed E-state index contributed by atoms with van der Waals surface area (Å²) >= 11 is 6.07. The molecular formula is C12H11ClN2. The molecule has 3 heteroatoms. The van der Waals surface area contributed by atoms with Crippen molar-refractivity contribution in [2.24, 2.45) is 5.73 Å². The van der Waals surface area contributed by atoms with E-state index in [-0.39, 0.29) is 6.04 Å². The van der Waals surface area contributed by atoms with Crippen LogP contribution in [0, 0.1) is 0 Å². The summed E-state index contributed by atoms with van der Waals surface area (Å²) in [5, 5.41) is 0.689. The van der Waals surface area contributed by atoms with Crippen LogP contribution >= 0.6 is 11.6 Å². The van der Waals surface area contributed by atoms with Crippen molar-refractivity contribution in [3.05, 3.63) is 64.9 Å². The first-order valence-electron chi connectivity index (χ1n) is 4.69. The van der Waals surface area contributed by atoms with Crippen LogP contribution in [0.2, 0.25) is 5.02 Å². The smallest absolute Gasteiger partial charge is 0.0581 e.